The second-order valence-corrected chi connectivity index (χ2v) is 7.86. The summed E-state index contributed by atoms with van der Waals surface area (Å²) in [4.78, 5) is 48.4. The van der Waals surface area contributed by atoms with Crippen molar-refractivity contribution in [2.75, 3.05) is 25.0 Å². The van der Waals surface area contributed by atoms with Gasteiger partial charge in [0, 0.05) is 44.0 Å². The molecule has 2 amide bonds. The zero-order chi connectivity index (χ0) is 20.7. The van der Waals surface area contributed by atoms with Crippen LogP contribution in [0.5, 0.6) is 0 Å². The lowest BCUT2D eigenvalue weighted by Crippen LogP contribution is -2.48. The van der Waals surface area contributed by atoms with E-state index in [1.807, 2.05) is 24.0 Å². The maximum atomic E-state index is 12.9. The molecule has 0 bridgehead atoms. The van der Waals surface area contributed by atoms with Crippen LogP contribution in [0.15, 0.2) is 23.0 Å². The average Bonchev–Trinajstić information content (AvgIpc) is 3.00. The summed E-state index contributed by atoms with van der Waals surface area (Å²) < 4.78 is 0. The van der Waals surface area contributed by atoms with Crippen molar-refractivity contribution in [3.63, 3.8) is 0 Å². The van der Waals surface area contributed by atoms with E-state index in [0.717, 1.165) is 24.9 Å². The molecule has 0 saturated carbocycles. The minimum absolute atomic E-state index is 0.0896. The maximum absolute atomic E-state index is 12.9. The second-order valence-electron chi connectivity index (χ2n) is 7.86. The Kier molecular flexibility index (Phi) is 4.86. The molecule has 29 heavy (non-hydrogen) atoms. The highest BCUT2D eigenvalue weighted by Gasteiger charge is 2.31. The minimum atomic E-state index is -0.237. The number of anilines is 1. The van der Waals surface area contributed by atoms with Crippen molar-refractivity contribution in [1.82, 2.24) is 20.2 Å². The molecule has 8 nitrogen and oxygen atoms in total. The topological polar surface area (TPSA) is 98.4 Å². The SMILES string of the molecule is Cc1nc(N2CCCC(NC(=O)c3cccc4c3C(=O)N(C)C4)C2)[nH]c(=O)c1C. The van der Waals surface area contributed by atoms with Crippen LogP contribution < -0.4 is 15.8 Å². The van der Waals surface area contributed by atoms with Crippen molar-refractivity contribution >= 4 is 17.8 Å². The van der Waals surface area contributed by atoms with Crippen molar-refractivity contribution in [1.29, 1.82) is 0 Å². The normalized spacial score (nSPS) is 18.7. The van der Waals surface area contributed by atoms with Crippen molar-refractivity contribution < 1.29 is 9.59 Å². The van der Waals surface area contributed by atoms with Gasteiger partial charge in [-0.1, -0.05) is 12.1 Å². The largest absolute Gasteiger partial charge is 0.348 e. The van der Waals surface area contributed by atoms with E-state index in [1.165, 1.54) is 0 Å². The van der Waals surface area contributed by atoms with E-state index in [4.69, 9.17) is 0 Å². The number of nitrogens with one attached hydrogen (secondary N) is 2. The van der Waals surface area contributed by atoms with Crippen molar-refractivity contribution in [2.24, 2.45) is 0 Å². The van der Waals surface area contributed by atoms with E-state index >= 15 is 0 Å². The molecule has 2 aliphatic rings. The maximum Gasteiger partial charge on any atom is 0.255 e. The molecule has 8 heteroatoms. The van der Waals surface area contributed by atoms with Gasteiger partial charge < -0.3 is 15.1 Å². The van der Waals surface area contributed by atoms with Crippen LogP contribution in [0.4, 0.5) is 5.95 Å². The van der Waals surface area contributed by atoms with E-state index in [0.29, 0.717) is 41.4 Å². The molecule has 1 unspecified atom stereocenters. The third kappa shape index (κ3) is 3.50. The highest BCUT2D eigenvalue weighted by atomic mass is 16.2. The Morgan fingerprint density at radius 2 is 2.07 bits per heavy atom. The summed E-state index contributed by atoms with van der Waals surface area (Å²) in [6.07, 6.45) is 1.70. The zero-order valence-corrected chi connectivity index (χ0v) is 16.9. The number of fused-ring (bicyclic) bond motifs is 1. The van der Waals surface area contributed by atoms with Crippen LogP contribution in [0.2, 0.25) is 0 Å². The monoisotopic (exact) mass is 395 g/mol. The van der Waals surface area contributed by atoms with Crippen molar-refractivity contribution in [2.45, 2.75) is 39.3 Å². The van der Waals surface area contributed by atoms with Gasteiger partial charge in [0.1, 0.15) is 0 Å². The second kappa shape index (κ2) is 7.35. The molecule has 1 atom stereocenters. The molecule has 1 fully saturated rings. The average molecular weight is 395 g/mol. The molecular formula is C21H25N5O3. The molecule has 2 aromatic rings. The number of amides is 2. The Balaban J connectivity index is 1.51. The Bertz CT molecular complexity index is 1050. The number of hydrogen-bond acceptors (Lipinski definition) is 5. The van der Waals surface area contributed by atoms with Gasteiger partial charge in [0.05, 0.1) is 11.1 Å². The van der Waals surface area contributed by atoms with E-state index < -0.39 is 0 Å². The lowest BCUT2D eigenvalue weighted by molar-refractivity contribution is 0.0808. The minimum Gasteiger partial charge on any atom is -0.348 e. The molecule has 3 heterocycles. The fourth-order valence-electron chi connectivity index (χ4n) is 4.02. The van der Waals surface area contributed by atoms with Gasteiger partial charge in [0.25, 0.3) is 17.4 Å². The third-order valence-corrected chi connectivity index (χ3v) is 5.80. The summed E-state index contributed by atoms with van der Waals surface area (Å²) in [5.41, 5.74) is 2.99. The standard InChI is InChI=1S/C21H25N5O3/c1-12-13(2)22-21(24-18(12)27)26-9-5-7-15(11-26)23-19(28)16-8-4-6-14-10-25(3)20(29)17(14)16/h4,6,8,15H,5,7,9-11H2,1-3H3,(H,23,28)(H,22,24,27). The molecule has 152 valence electrons. The summed E-state index contributed by atoms with van der Waals surface area (Å²) in [5, 5.41) is 3.07. The van der Waals surface area contributed by atoms with Crippen LogP contribution in [0.25, 0.3) is 0 Å². The highest BCUT2D eigenvalue weighted by molar-refractivity contribution is 6.09. The molecule has 0 spiro atoms. The van der Waals surface area contributed by atoms with Crippen molar-refractivity contribution in [3.05, 3.63) is 56.5 Å². The number of hydrogen-bond donors (Lipinski definition) is 2. The lowest BCUT2D eigenvalue weighted by Gasteiger charge is -2.33. The Labute approximate surface area is 168 Å². The molecule has 0 aliphatic carbocycles. The number of carbonyl (C=O) groups is 2. The van der Waals surface area contributed by atoms with Gasteiger partial charge in [-0.2, -0.15) is 0 Å². The number of benzene rings is 1. The number of aryl methyl sites for hydroxylation is 1. The summed E-state index contributed by atoms with van der Waals surface area (Å²) in [6, 6.07) is 5.32. The smallest absolute Gasteiger partial charge is 0.255 e. The number of piperidine rings is 1. The highest BCUT2D eigenvalue weighted by Crippen LogP contribution is 2.25. The molecule has 2 N–H and O–H groups in total. The van der Waals surface area contributed by atoms with Crippen LogP contribution in [-0.4, -0.2) is 52.9 Å². The quantitative estimate of drug-likeness (QED) is 0.818. The summed E-state index contributed by atoms with van der Waals surface area (Å²) in [7, 11) is 1.74. The number of aromatic nitrogens is 2. The lowest BCUT2D eigenvalue weighted by atomic mass is 10.0. The van der Waals surface area contributed by atoms with Gasteiger partial charge >= 0.3 is 0 Å². The first kappa shape index (κ1) is 19.2. The molecule has 2 aliphatic heterocycles. The number of carbonyl (C=O) groups excluding carboxylic acids is 2. The number of aromatic amines is 1. The first-order chi connectivity index (χ1) is 13.8. The van der Waals surface area contributed by atoms with Crippen molar-refractivity contribution in [3.8, 4) is 0 Å². The molecular weight excluding hydrogens is 370 g/mol. The summed E-state index contributed by atoms with van der Waals surface area (Å²) >= 11 is 0. The van der Waals surface area contributed by atoms with Gasteiger partial charge in [-0.05, 0) is 38.3 Å². The van der Waals surface area contributed by atoms with E-state index in [2.05, 4.69) is 15.3 Å². The molecule has 1 saturated heterocycles. The van der Waals surface area contributed by atoms with Gasteiger partial charge in [-0.15, -0.1) is 0 Å². The molecule has 1 aromatic carbocycles. The fourth-order valence-corrected chi connectivity index (χ4v) is 4.02. The number of H-pyrrole nitrogens is 1. The third-order valence-electron chi connectivity index (χ3n) is 5.80. The predicted molar refractivity (Wildman–Crippen MR) is 109 cm³/mol. The fraction of sp³-hybridized carbons (Fsp3) is 0.429. The van der Waals surface area contributed by atoms with Gasteiger partial charge in [-0.3, -0.25) is 19.4 Å². The van der Waals surface area contributed by atoms with Crippen LogP contribution in [0.1, 0.15) is 50.4 Å². The first-order valence-corrected chi connectivity index (χ1v) is 9.86. The van der Waals surface area contributed by atoms with Gasteiger partial charge in [0.15, 0.2) is 0 Å². The number of rotatable bonds is 3. The Morgan fingerprint density at radius 1 is 1.28 bits per heavy atom. The summed E-state index contributed by atoms with van der Waals surface area (Å²) in [5.74, 6) is 0.182. The van der Waals surface area contributed by atoms with Crippen LogP contribution in [0.3, 0.4) is 0 Å². The molecule has 1 aromatic heterocycles. The zero-order valence-electron chi connectivity index (χ0n) is 16.9. The predicted octanol–water partition coefficient (Wildman–Crippen LogP) is 1.37. The summed E-state index contributed by atoms with van der Waals surface area (Å²) in [6.45, 7) is 5.42. The first-order valence-electron chi connectivity index (χ1n) is 9.86. The van der Waals surface area contributed by atoms with Gasteiger partial charge in [0.2, 0.25) is 5.95 Å². The van der Waals surface area contributed by atoms with Gasteiger partial charge in [-0.25, -0.2) is 4.98 Å². The Hall–Kier alpha value is -3.16. The number of nitrogens with zero attached hydrogens (tertiary/aromatic N) is 3. The molecule has 0 radical (unpaired) electrons. The van der Waals surface area contributed by atoms with Crippen LogP contribution >= 0.6 is 0 Å². The van der Waals surface area contributed by atoms with E-state index in [1.54, 1.807) is 24.9 Å². The van der Waals surface area contributed by atoms with Crippen LogP contribution in [-0.2, 0) is 6.54 Å². The van der Waals surface area contributed by atoms with Crippen LogP contribution in [0, 0.1) is 13.8 Å². The Morgan fingerprint density at radius 3 is 2.83 bits per heavy atom. The van der Waals surface area contributed by atoms with E-state index in [9.17, 15) is 14.4 Å². The van der Waals surface area contributed by atoms with E-state index in [-0.39, 0.29) is 23.4 Å². The molecule has 4 rings (SSSR count).